The fraction of sp³-hybridized carbons (Fsp3) is 0.231. The number of aryl methyl sites for hydroxylation is 2. The van der Waals surface area contributed by atoms with Crippen molar-refractivity contribution in [1.29, 1.82) is 0 Å². The van der Waals surface area contributed by atoms with Crippen LogP contribution >= 0.6 is 34.8 Å². The third-order valence-corrected chi connectivity index (χ3v) is 5.92. The number of carbonyl (C=O) groups is 2. The molecule has 0 atom stereocenters. The summed E-state index contributed by atoms with van der Waals surface area (Å²) < 4.78 is 10.9. The van der Waals surface area contributed by atoms with Crippen molar-refractivity contribution >= 4 is 52.4 Å². The van der Waals surface area contributed by atoms with Crippen molar-refractivity contribution in [2.45, 2.75) is 27.3 Å². The first-order valence-corrected chi connectivity index (χ1v) is 11.7. The van der Waals surface area contributed by atoms with Gasteiger partial charge in [-0.3, -0.25) is 4.79 Å². The lowest BCUT2D eigenvalue weighted by molar-refractivity contribution is -0.120. The lowest BCUT2D eigenvalue weighted by Crippen LogP contribution is -2.34. The molecular formula is C26H24Cl3NO4. The predicted octanol–water partition coefficient (Wildman–Crippen LogP) is 7.05. The summed E-state index contributed by atoms with van der Waals surface area (Å²) in [5, 5.41) is 1.38. The van der Waals surface area contributed by atoms with Gasteiger partial charge in [-0.15, -0.1) is 0 Å². The van der Waals surface area contributed by atoms with Crippen LogP contribution in [0, 0.1) is 13.8 Å². The highest BCUT2D eigenvalue weighted by Crippen LogP contribution is 2.30. The fourth-order valence-corrected chi connectivity index (χ4v) is 4.28. The van der Waals surface area contributed by atoms with Crippen LogP contribution in [0.4, 0.5) is 5.69 Å². The third-order valence-electron chi connectivity index (χ3n) is 5.05. The smallest absolute Gasteiger partial charge is 0.338 e. The molecule has 0 saturated carbocycles. The molecule has 0 aliphatic carbocycles. The van der Waals surface area contributed by atoms with E-state index < -0.39 is 5.97 Å². The first-order chi connectivity index (χ1) is 16.2. The number of anilines is 1. The zero-order chi connectivity index (χ0) is 24.8. The molecule has 0 spiro atoms. The Morgan fingerprint density at radius 2 is 1.62 bits per heavy atom. The Hall–Kier alpha value is -2.73. The summed E-state index contributed by atoms with van der Waals surface area (Å²) in [6, 6.07) is 15.4. The average molecular weight is 521 g/mol. The van der Waals surface area contributed by atoms with Gasteiger partial charge >= 0.3 is 5.97 Å². The molecule has 3 rings (SSSR count). The molecule has 1 amide bonds. The molecule has 0 bridgehead atoms. The molecule has 34 heavy (non-hydrogen) atoms. The summed E-state index contributed by atoms with van der Waals surface area (Å²) in [5.41, 5.74) is 3.50. The van der Waals surface area contributed by atoms with Crippen molar-refractivity contribution in [2.75, 3.05) is 18.1 Å². The Morgan fingerprint density at radius 3 is 2.24 bits per heavy atom. The molecule has 5 nitrogen and oxygen atoms in total. The van der Waals surface area contributed by atoms with Gasteiger partial charge in [0.2, 0.25) is 0 Å². The largest absolute Gasteiger partial charge is 0.482 e. The van der Waals surface area contributed by atoms with Crippen LogP contribution < -0.4 is 9.64 Å². The Bertz CT molecular complexity index is 1170. The quantitative estimate of drug-likeness (QED) is 0.299. The van der Waals surface area contributed by atoms with Crippen LogP contribution in [0.5, 0.6) is 5.75 Å². The lowest BCUT2D eigenvalue weighted by atomic mass is 10.1. The maximum absolute atomic E-state index is 13.3. The second-order valence-electron chi connectivity index (χ2n) is 7.66. The minimum atomic E-state index is -0.430. The standard InChI is InChI=1S/C26H24Cl3NO4/c1-4-33-26(32)18-6-9-21(10-7-18)30(14-19-5-8-20(27)13-22(19)28)24(31)15-34-25-17(3)11-16(2)12-23(25)29/h5-13H,4,14-15H2,1-3H3. The van der Waals surface area contributed by atoms with Gasteiger partial charge < -0.3 is 14.4 Å². The van der Waals surface area contributed by atoms with Gasteiger partial charge in [0.25, 0.3) is 5.91 Å². The van der Waals surface area contributed by atoms with E-state index in [-0.39, 0.29) is 25.7 Å². The van der Waals surface area contributed by atoms with Crippen molar-refractivity contribution in [2.24, 2.45) is 0 Å². The normalized spacial score (nSPS) is 10.6. The summed E-state index contributed by atoms with van der Waals surface area (Å²) in [4.78, 5) is 26.8. The minimum Gasteiger partial charge on any atom is -0.482 e. The van der Waals surface area contributed by atoms with Crippen LogP contribution in [0.25, 0.3) is 0 Å². The highest BCUT2D eigenvalue weighted by molar-refractivity contribution is 6.35. The summed E-state index contributed by atoms with van der Waals surface area (Å²) in [5.74, 6) is -0.283. The van der Waals surface area contributed by atoms with E-state index in [0.717, 1.165) is 11.1 Å². The molecule has 0 radical (unpaired) electrons. The second kappa shape index (κ2) is 11.6. The molecule has 0 aliphatic heterocycles. The van der Waals surface area contributed by atoms with Crippen molar-refractivity contribution in [1.82, 2.24) is 0 Å². The SMILES string of the molecule is CCOC(=O)c1ccc(N(Cc2ccc(Cl)cc2Cl)C(=O)COc2c(C)cc(C)cc2Cl)cc1. The van der Waals surface area contributed by atoms with Gasteiger partial charge in [-0.2, -0.15) is 0 Å². The first-order valence-electron chi connectivity index (χ1n) is 10.6. The van der Waals surface area contributed by atoms with E-state index in [2.05, 4.69) is 0 Å². The van der Waals surface area contributed by atoms with E-state index in [1.807, 2.05) is 19.9 Å². The first kappa shape index (κ1) is 25.9. The number of ether oxygens (including phenoxy) is 2. The van der Waals surface area contributed by atoms with E-state index in [0.29, 0.717) is 37.6 Å². The van der Waals surface area contributed by atoms with E-state index in [9.17, 15) is 9.59 Å². The number of hydrogen-bond donors (Lipinski definition) is 0. The van der Waals surface area contributed by atoms with Gasteiger partial charge in [-0.05, 0) is 79.9 Å². The van der Waals surface area contributed by atoms with Crippen LogP contribution in [0.3, 0.4) is 0 Å². The van der Waals surface area contributed by atoms with Gasteiger partial charge in [0.1, 0.15) is 5.75 Å². The Balaban J connectivity index is 1.88. The number of benzene rings is 3. The molecule has 0 heterocycles. The molecule has 0 unspecified atom stereocenters. The molecule has 0 saturated heterocycles. The van der Waals surface area contributed by atoms with Crippen molar-refractivity contribution in [3.8, 4) is 5.75 Å². The van der Waals surface area contributed by atoms with Crippen LogP contribution in [0.2, 0.25) is 15.1 Å². The maximum atomic E-state index is 13.3. The molecule has 0 fully saturated rings. The van der Waals surface area contributed by atoms with Gasteiger partial charge in [-0.1, -0.05) is 46.9 Å². The minimum absolute atomic E-state index is 0.178. The Kier molecular flexibility index (Phi) is 8.84. The molecule has 0 N–H and O–H groups in total. The fourth-order valence-electron chi connectivity index (χ4n) is 3.43. The van der Waals surface area contributed by atoms with Crippen molar-refractivity contribution < 1.29 is 19.1 Å². The van der Waals surface area contributed by atoms with Crippen LogP contribution in [0.1, 0.15) is 34.0 Å². The van der Waals surface area contributed by atoms with Gasteiger partial charge in [0.15, 0.2) is 6.61 Å². The number of carbonyl (C=O) groups excluding carboxylic acids is 2. The highest BCUT2D eigenvalue weighted by Gasteiger charge is 2.20. The molecule has 3 aromatic carbocycles. The van der Waals surface area contributed by atoms with Crippen molar-refractivity contribution in [3.63, 3.8) is 0 Å². The number of halogens is 3. The number of hydrogen-bond acceptors (Lipinski definition) is 4. The number of amides is 1. The topological polar surface area (TPSA) is 55.8 Å². The summed E-state index contributed by atoms with van der Waals surface area (Å²) in [6.45, 7) is 5.76. The number of rotatable bonds is 8. The molecule has 3 aromatic rings. The predicted molar refractivity (Wildman–Crippen MR) is 136 cm³/mol. The van der Waals surface area contributed by atoms with Crippen LogP contribution in [-0.4, -0.2) is 25.1 Å². The summed E-state index contributed by atoms with van der Waals surface area (Å²) >= 11 is 18.7. The lowest BCUT2D eigenvalue weighted by Gasteiger charge is -2.24. The number of nitrogens with zero attached hydrogens (tertiary/aromatic N) is 1. The molecule has 0 aliphatic rings. The van der Waals surface area contributed by atoms with Crippen molar-refractivity contribution in [3.05, 3.63) is 91.9 Å². The van der Waals surface area contributed by atoms with E-state index in [1.165, 1.54) is 4.90 Å². The zero-order valence-electron chi connectivity index (χ0n) is 19.0. The molecule has 0 aromatic heterocycles. The van der Waals surface area contributed by atoms with E-state index >= 15 is 0 Å². The zero-order valence-corrected chi connectivity index (χ0v) is 21.3. The summed E-state index contributed by atoms with van der Waals surface area (Å²) in [6.07, 6.45) is 0. The highest BCUT2D eigenvalue weighted by atomic mass is 35.5. The van der Waals surface area contributed by atoms with Gasteiger partial charge in [0, 0.05) is 15.7 Å². The van der Waals surface area contributed by atoms with E-state index in [1.54, 1.807) is 55.5 Å². The third kappa shape index (κ3) is 6.44. The summed E-state index contributed by atoms with van der Waals surface area (Å²) in [7, 11) is 0. The number of esters is 1. The van der Waals surface area contributed by atoms with Gasteiger partial charge in [0.05, 0.1) is 23.7 Å². The monoisotopic (exact) mass is 519 g/mol. The molecular weight excluding hydrogens is 497 g/mol. The molecule has 8 heteroatoms. The van der Waals surface area contributed by atoms with Gasteiger partial charge in [-0.25, -0.2) is 4.79 Å². The Labute approximate surface area is 214 Å². The van der Waals surface area contributed by atoms with Crippen LogP contribution in [0.15, 0.2) is 54.6 Å². The maximum Gasteiger partial charge on any atom is 0.338 e. The van der Waals surface area contributed by atoms with E-state index in [4.69, 9.17) is 44.3 Å². The second-order valence-corrected chi connectivity index (χ2v) is 8.92. The molecule has 178 valence electrons. The Morgan fingerprint density at radius 1 is 0.912 bits per heavy atom. The van der Waals surface area contributed by atoms with Crippen LogP contribution in [-0.2, 0) is 16.1 Å². The average Bonchev–Trinajstić information content (AvgIpc) is 2.78.